The van der Waals surface area contributed by atoms with Gasteiger partial charge < -0.3 is 5.73 Å². The van der Waals surface area contributed by atoms with Crippen LogP contribution in [0.1, 0.15) is 11.1 Å². The minimum absolute atomic E-state index is 0.853. The molecule has 4 aromatic carbocycles. The van der Waals surface area contributed by atoms with Crippen molar-refractivity contribution in [2.24, 2.45) is 0 Å². The highest BCUT2D eigenvalue weighted by molar-refractivity contribution is 6.09. The van der Waals surface area contributed by atoms with Gasteiger partial charge in [-0.05, 0) is 63.7 Å². The smallest absolute Gasteiger partial charge is 0.0356 e. The molecule has 23 heavy (non-hydrogen) atoms. The Morgan fingerprint density at radius 3 is 2.00 bits per heavy atom. The van der Waals surface area contributed by atoms with Gasteiger partial charge in [0.15, 0.2) is 0 Å². The maximum absolute atomic E-state index is 6.32. The summed E-state index contributed by atoms with van der Waals surface area (Å²) in [5.41, 5.74) is 12.2. The van der Waals surface area contributed by atoms with Gasteiger partial charge >= 0.3 is 0 Å². The summed E-state index contributed by atoms with van der Waals surface area (Å²) in [6.07, 6.45) is 0. The number of anilines is 1. The minimum Gasteiger partial charge on any atom is -0.398 e. The molecule has 0 bridgehead atoms. The van der Waals surface area contributed by atoms with Crippen molar-refractivity contribution in [3.8, 4) is 11.1 Å². The molecule has 2 N–H and O–H groups in total. The predicted octanol–water partition coefficient (Wildman–Crippen LogP) is 5.86. The third-order valence-electron chi connectivity index (χ3n) is 4.74. The molecule has 0 atom stereocenters. The van der Waals surface area contributed by atoms with Gasteiger partial charge in [-0.1, -0.05) is 60.7 Å². The molecule has 112 valence electrons. The van der Waals surface area contributed by atoms with Crippen LogP contribution in [0.2, 0.25) is 0 Å². The van der Waals surface area contributed by atoms with E-state index in [1.807, 2.05) is 0 Å². The molecule has 4 rings (SSSR count). The van der Waals surface area contributed by atoms with Crippen LogP contribution in [0.3, 0.4) is 0 Å². The van der Waals surface area contributed by atoms with Gasteiger partial charge in [-0.15, -0.1) is 0 Å². The summed E-state index contributed by atoms with van der Waals surface area (Å²) in [5, 5.41) is 5.00. The van der Waals surface area contributed by atoms with Crippen LogP contribution in [0.5, 0.6) is 0 Å². The molecule has 0 heterocycles. The van der Waals surface area contributed by atoms with Crippen molar-refractivity contribution in [1.29, 1.82) is 0 Å². The van der Waals surface area contributed by atoms with E-state index in [0.717, 1.165) is 11.3 Å². The van der Waals surface area contributed by atoms with Gasteiger partial charge in [-0.2, -0.15) is 0 Å². The van der Waals surface area contributed by atoms with Gasteiger partial charge in [0.25, 0.3) is 0 Å². The first-order valence-corrected chi connectivity index (χ1v) is 7.93. The van der Waals surface area contributed by atoms with E-state index in [1.54, 1.807) is 0 Å². The number of benzene rings is 4. The number of hydrogen-bond acceptors (Lipinski definition) is 1. The maximum Gasteiger partial charge on any atom is 0.0356 e. The monoisotopic (exact) mass is 297 g/mol. The first-order chi connectivity index (χ1) is 11.2. The number of fused-ring (bicyclic) bond motifs is 2. The molecule has 0 fully saturated rings. The summed E-state index contributed by atoms with van der Waals surface area (Å²) in [6.45, 7) is 4.30. The maximum atomic E-state index is 6.32. The number of rotatable bonds is 1. The molecule has 0 saturated carbocycles. The van der Waals surface area contributed by atoms with Gasteiger partial charge in [-0.3, -0.25) is 0 Å². The van der Waals surface area contributed by atoms with Crippen molar-refractivity contribution in [2.75, 3.05) is 5.73 Å². The summed E-state index contributed by atoms with van der Waals surface area (Å²) in [7, 11) is 0. The molecule has 0 aliphatic carbocycles. The first kappa shape index (κ1) is 13.8. The zero-order valence-electron chi connectivity index (χ0n) is 13.4. The lowest BCUT2D eigenvalue weighted by Crippen LogP contribution is -1.96. The fourth-order valence-electron chi connectivity index (χ4n) is 3.51. The highest BCUT2D eigenvalue weighted by atomic mass is 14.6. The van der Waals surface area contributed by atoms with Crippen LogP contribution >= 0.6 is 0 Å². The van der Waals surface area contributed by atoms with E-state index in [4.69, 9.17) is 5.73 Å². The molecule has 0 spiro atoms. The lowest BCUT2D eigenvalue weighted by atomic mass is 9.87. The highest BCUT2D eigenvalue weighted by Crippen LogP contribution is 2.40. The number of nitrogens with two attached hydrogens (primary N) is 1. The topological polar surface area (TPSA) is 26.0 Å². The first-order valence-electron chi connectivity index (χ1n) is 7.93. The van der Waals surface area contributed by atoms with Crippen molar-refractivity contribution in [2.45, 2.75) is 13.8 Å². The Hall–Kier alpha value is -2.80. The van der Waals surface area contributed by atoms with Crippen molar-refractivity contribution in [3.63, 3.8) is 0 Å². The fraction of sp³-hybridized carbons (Fsp3) is 0.0909. The van der Waals surface area contributed by atoms with E-state index in [-0.39, 0.29) is 0 Å². The van der Waals surface area contributed by atoms with Crippen LogP contribution < -0.4 is 5.73 Å². The summed E-state index contributed by atoms with van der Waals surface area (Å²) in [5.74, 6) is 0. The van der Waals surface area contributed by atoms with E-state index in [0.29, 0.717) is 0 Å². The predicted molar refractivity (Wildman–Crippen MR) is 101 cm³/mol. The minimum atomic E-state index is 0.853. The Balaban J connectivity index is 2.24. The molecule has 0 unspecified atom stereocenters. The molecule has 0 aliphatic rings. The lowest BCUT2D eigenvalue weighted by Gasteiger charge is -2.17. The molecule has 0 saturated heterocycles. The Bertz CT molecular complexity index is 1040. The third-order valence-corrected chi connectivity index (χ3v) is 4.74. The van der Waals surface area contributed by atoms with Crippen molar-refractivity contribution in [1.82, 2.24) is 0 Å². The highest BCUT2D eigenvalue weighted by Gasteiger charge is 2.15. The largest absolute Gasteiger partial charge is 0.398 e. The molecule has 1 nitrogen and oxygen atoms in total. The average Bonchev–Trinajstić information content (AvgIpc) is 2.57. The van der Waals surface area contributed by atoms with Gasteiger partial charge in [0.2, 0.25) is 0 Å². The Morgan fingerprint density at radius 1 is 0.652 bits per heavy atom. The van der Waals surface area contributed by atoms with E-state index in [1.165, 1.54) is 38.2 Å². The molecule has 0 aliphatic heterocycles. The molecule has 0 aromatic heterocycles. The summed E-state index contributed by atoms with van der Waals surface area (Å²) in [6, 6.07) is 23.5. The van der Waals surface area contributed by atoms with E-state index in [9.17, 15) is 0 Å². The molecule has 4 aromatic rings. The standard InChI is InChI=1S/C22H19N/c1-14-11-12-16-7-3-5-9-18(16)21(14)22-15(2)20(23)13-17-8-4-6-10-19(17)22/h3-13H,23H2,1-2H3. The Kier molecular flexibility index (Phi) is 3.09. The van der Waals surface area contributed by atoms with E-state index < -0.39 is 0 Å². The molecular weight excluding hydrogens is 278 g/mol. The third kappa shape index (κ3) is 2.08. The quantitative estimate of drug-likeness (QED) is 0.438. The Morgan fingerprint density at radius 2 is 1.26 bits per heavy atom. The van der Waals surface area contributed by atoms with Crippen molar-refractivity contribution < 1.29 is 0 Å². The van der Waals surface area contributed by atoms with Gasteiger partial charge in [0, 0.05) is 5.69 Å². The number of nitrogen functional groups attached to an aromatic ring is 1. The van der Waals surface area contributed by atoms with Crippen LogP contribution in [-0.4, -0.2) is 0 Å². The fourth-order valence-corrected chi connectivity index (χ4v) is 3.51. The van der Waals surface area contributed by atoms with Gasteiger partial charge in [0.05, 0.1) is 0 Å². The zero-order chi connectivity index (χ0) is 16.0. The van der Waals surface area contributed by atoms with Crippen LogP contribution in [0.4, 0.5) is 5.69 Å². The molecule has 0 radical (unpaired) electrons. The second-order valence-electron chi connectivity index (χ2n) is 6.17. The van der Waals surface area contributed by atoms with Crippen LogP contribution in [-0.2, 0) is 0 Å². The average molecular weight is 297 g/mol. The summed E-state index contributed by atoms with van der Waals surface area (Å²) >= 11 is 0. The Labute approximate surface area is 136 Å². The molecule has 0 amide bonds. The second kappa shape index (κ2) is 5.13. The lowest BCUT2D eigenvalue weighted by molar-refractivity contribution is 1.45. The van der Waals surface area contributed by atoms with Crippen LogP contribution in [0.25, 0.3) is 32.7 Å². The second-order valence-corrected chi connectivity index (χ2v) is 6.17. The summed E-state index contributed by atoms with van der Waals surface area (Å²) < 4.78 is 0. The van der Waals surface area contributed by atoms with Crippen molar-refractivity contribution in [3.05, 3.63) is 77.9 Å². The number of aryl methyl sites for hydroxylation is 1. The SMILES string of the molecule is Cc1ccc2ccccc2c1-c1c(C)c(N)cc2ccccc12. The molecular formula is C22H19N. The van der Waals surface area contributed by atoms with Crippen molar-refractivity contribution >= 4 is 27.2 Å². The normalized spacial score (nSPS) is 11.2. The summed E-state index contributed by atoms with van der Waals surface area (Å²) in [4.78, 5) is 0. The number of hydrogen-bond donors (Lipinski definition) is 1. The van der Waals surface area contributed by atoms with E-state index >= 15 is 0 Å². The zero-order valence-corrected chi connectivity index (χ0v) is 13.4. The van der Waals surface area contributed by atoms with Crippen LogP contribution in [0, 0.1) is 13.8 Å². The van der Waals surface area contributed by atoms with Gasteiger partial charge in [0.1, 0.15) is 0 Å². The van der Waals surface area contributed by atoms with E-state index in [2.05, 4.69) is 80.6 Å². The van der Waals surface area contributed by atoms with Crippen LogP contribution in [0.15, 0.2) is 66.7 Å². The molecule has 1 heteroatoms. The van der Waals surface area contributed by atoms with Gasteiger partial charge in [-0.25, -0.2) is 0 Å².